The normalized spacial score (nSPS) is 15.6. The molecule has 1 rings (SSSR count). The molecule has 1 aromatic carbocycles. The molecule has 3 N–H and O–H groups in total. The van der Waals surface area contributed by atoms with E-state index in [0.717, 1.165) is 12.8 Å². The van der Waals surface area contributed by atoms with Crippen LogP contribution in [0.15, 0.2) is 24.3 Å². The van der Waals surface area contributed by atoms with Gasteiger partial charge in [0.15, 0.2) is 0 Å². The van der Waals surface area contributed by atoms with Gasteiger partial charge < -0.3 is 29.4 Å². The van der Waals surface area contributed by atoms with Crippen LogP contribution in [0.5, 0.6) is 5.75 Å². The fourth-order valence-corrected chi connectivity index (χ4v) is 3.42. The van der Waals surface area contributed by atoms with Crippen molar-refractivity contribution in [1.82, 2.24) is 10.6 Å². The molecule has 1 aromatic rings. The standard InChI is InChI=1S/C26H42F2N2O6/c1-8-9-13-35-19-12-10-11-18(14-19)22(29-21(16-34-7)17(2)3)26(27,28)23(32)20(15-31)30-24(33)36-25(4,5)6/h10-12,14-15,17,20-23,29,32H,8-9,13,16H2,1-7H3,(H,30,33)/t20?,21-,22?,23?/m0/s1. The Balaban J connectivity index is 3.36. The molecule has 8 nitrogen and oxygen atoms in total. The molecule has 10 heteroatoms. The number of hydrogen-bond donors (Lipinski definition) is 3. The minimum Gasteiger partial charge on any atom is -0.494 e. The summed E-state index contributed by atoms with van der Waals surface area (Å²) in [6.07, 6.45) is -1.86. The van der Waals surface area contributed by atoms with E-state index < -0.39 is 41.8 Å². The number of ether oxygens (including phenoxy) is 3. The van der Waals surface area contributed by atoms with Crippen LogP contribution in [0.1, 0.15) is 66.0 Å². The van der Waals surface area contributed by atoms with Gasteiger partial charge in [-0.25, -0.2) is 13.6 Å². The number of benzene rings is 1. The molecule has 4 atom stereocenters. The maximum Gasteiger partial charge on any atom is 0.408 e. The summed E-state index contributed by atoms with van der Waals surface area (Å²) < 4.78 is 47.9. The molecule has 0 aliphatic rings. The van der Waals surface area contributed by atoms with Crippen LogP contribution < -0.4 is 15.4 Å². The Morgan fingerprint density at radius 2 is 1.89 bits per heavy atom. The molecule has 0 aromatic heterocycles. The summed E-state index contributed by atoms with van der Waals surface area (Å²) in [6, 6.07) is 2.08. The van der Waals surface area contributed by atoms with Crippen molar-refractivity contribution in [2.75, 3.05) is 20.3 Å². The minimum atomic E-state index is -3.90. The molecule has 0 bridgehead atoms. The fourth-order valence-electron chi connectivity index (χ4n) is 3.42. The van der Waals surface area contributed by atoms with Gasteiger partial charge in [-0.15, -0.1) is 0 Å². The molecule has 0 aliphatic carbocycles. The van der Waals surface area contributed by atoms with Crippen LogP contribution >= 0.6 is 0 Å². The number of methoxy groups -OCH3 is 1. The second-order valence-electron chi connectivity index (χ2n) is 10.1. The lowest BCUT2D eigenvalue weighted by molar-refractivity contribution is -0.152. The van der Waals surface area contributed by atoms with E-state index in [0.29, 0.717) is 12.4 Å². The average Bonchev–Trinajstić information content (AvgIpc) is 2.78. The number of amides is 1. The number of alkyl carbamates (subject to hydrolysis) is 1. The Bertz CT molecular complexity index is 816. The van der Waals surface area contributed by atoms with Gasteiger partial charge in [0.05, 0.1) is 19.3 Å². The molecule has 0 spiro atoms. The topological polar surface area (TPSA) is 106 Å². The summed E-state index contributed by atoms with van der Waals surface area (Å²) >= 11 is 0. The van der Waals surface area contributed by atoms with Gasteiger partial charge >= 0.3 is 6.09 Å². The van der Waals surface area contributed by atoms with Crippen LogP contribution in [0.3, 0.4) is 0 Å². The largest absolute Gasteiger partial charge is 0.494 e. The lowest BCUT2D eigenvalue weighted by Crippen LogP contribution is -2.58. The van der Waals surface area contributed by atoms with Gasteiger partial charge in [0.25, 0.3) is 5.92 Å². The van der Waals surface area contributed by atoms with Crippen LogP contribution in [0.2, 0.25) is 0 Å². The highest BCUT2D eigenvalue weighted by Crippen LogP contribution is 2.37. The number of halogens is 2. The number of carbonyl (C=O) groups is 2. The number of carbonyl (C=O) groups excluding carboxylic acids is 2. The van der Waals surface area contributed by atoms with Crippen LogP contribution in [0.4, 0.5) is 13.6 Å². The van der Waals surface area contributed by atoms with E-state index in [2.05, 4.69) is 5.32 Å². The number of alkyl halides is 2. The third-order valence-electron chi connectivity index (χ3n) is 5.44. The highest BCUT2D eigenvalue weighted by atomic mass is 19.3. The maximum absolute atomic E-state index is 16.0. The first-order valence-corrected chi connectivity index (χ1v) is 12.2. The molecule has 0 radical (unpaired) electrons. The maximum atomic E-state index is 16.0. The van der Waals surface area contributed by atoms with E-state index in [1.165, 1.54) is 19.2 Å². The summed E-state index contributed by atoms with van der Waals surface area (Å²) in [5.41, 5.74) is -0.769. The molecule has 206 valence electrons. The quantitative estimate of drug-likeness (QED) is 0.236. The van der Waals surface area contributed by atoms with Gasteiger partial charge in [0, 0.05) is 13.2 Å². The van der Waals surface area contributed by atoms with E-state index in [1.807, 2.05) is 26.1 Å². The Morgan fingerprint density at radius 3 is 2.42 bits per heavy atom. The molecule has 0 aliphatic heterocycles. The Kier molecular flexibility index (Phi) is 12.7. The summed E-state index contributed by atoms with van der Waals surface area (Å²) in [7, 11) is 1.47. The monoisotopic (exact) mass is 516 g/mol. The first-order chi connectivity index (χ1) is 16.8. The number of aldehydes is 1. The molecule has 0 fully saturated rings. The van der Waals surface area contributed by atoms with Gasteiger partial charge in [-0.05, 0) is 50.8 Å². The van der Waals surface area contributed by atoms with Crippen molar-refractivity contribution >= 4 is 12.4 Å². The Morgan fingerprint density at radius 1 is 1.22 bits per heavy atom. The number of unbranched alkanes of at least 4 members (excludes halogenated alkanes) is 1. The Labute approximate surface area is 213 Å². The van der Waals surface area contributed by atoms with Crippen LogP contribution in [-0.2, 0) is 14.3 Å². The average molecular weight is 517 g/mol. The third-order valence-corrected chi connectivity index (χ3v) is 5.44. The van der Waals surface area contributed by atoms with Crippen molar-refractivity contribution in [3.05, 3.63) is 29.8 Å². The van der Waals surface area contributed by atoms with Crippen molar-refractivity contribution in [2.24, 2.45) is 5.92 Å². The minimum absolute atomic E-state index is 0.0684. The van der Waals surface area contributed by atoms with Crippen molar-refractivity contribution in [3.63, 3.8) is 0 Å². The zero-order valence-corrected chi connectivity index (χ0v) is 22.3. The lowest BCUT2D eigenvalue weighted by Gasteiger charge is -2.37. The second kappa shape index (κ2) is 14.4. The van der Waals surface area contributed by atoms with E-state index in [9.17, 15) is 14.7 Å². The third kappa shape index (κ3) is 9.99. The number of nitrogens with one attached hydrogen (secondary N) is 2. The molecule has 0 saturated heterocycles. The van der Waals surface area contributed by atoms with Crippen molar-refractivity contribution < 1.29 is 37.7 Å². The zero-order valence-electron chi connectivity index (χ0n) is 22.3. The smallest absolute Gasteiger partial charge is 0.408 e. The van der Waals surface area contributed by atoms with E-state index in [4.69, 9.17) is 14.2 Å². The summed E-state index contributed by atoms with van der Waals surface area (Å²) in [5.74, 6) is -3.58. The van der Waals surface area contributed by atoms with E-state index in [1.54, 1.807) is 32.9 Å². The van der Waals surface area contributed by atoms with E-state index in [-0.39, 0.29) is 24.4 Å². The SMILES string of the molecule is CCCCOc1cccc(C(N[C@@H](COC)C(C)C)C(F)(F)C(O)C(C=O)NC(=O)OC(C)(C)C)c1. The van der Waals surface area contributed by atoms with Crippen LogP contribution in [0.25, 0.3) is 0 Å². The Hall–Kier alpha value is -2.30. The van der Waals surface area contributed by atoms with Crippen molar-refractivity contribution in [3.8, 4) is 5.75 Å². The van der Waals surface area contributed by atoms with Gasteiger partial charge in [-0.1, -0.05) is 39.3 Å². The van der Waals surface area contributed by atoms with Gasteiger partial charge in [-0.3, -0.25) is 5.32 Å². The first kappa shape index (κ1) is 31.7. The van der Waals surface area contributed by atoms with Gasteiger partial charge in [0.2, 0.25) is 0 Å². The van der Waals surface area contributed by atoms with Crippen molar-refractivity contribution in [1.29, 1.82) is 0 Å². The summed E-state index contributed by atoms with van der Waals surface area (Å²) in [6.45, 7) is 11.1. The van der Waals surface area contributed by atoms with Crippen molar-refractivity contribution in [2.45, 2.75) is 90.1 Å². The predicted octanol–water partition coefficient (Wildman–Crippen LogP) is 4.26. The zero-order chi connectivity index (χ0) is 27.5. The van der Waals surface area contributed by atoms with Crippen LogP contribution in [-0.4, -0.2) is 67.5 Å². The fraction of sp³-hybridized carbons (Fsp3) is 0.692. The number of rotatable bonds is 15. The molecule has 0 heterocycles. The number of aliphatic hydroxyl groups is 1. The predicted molar refractivity (Wildman–Crippen MR) is 133 cm³/mol. The highest BCUT2D eigenvalue weighted by molar-refractivity contribution is 5.74. The number of hydrogen-bond acceptors (Lipinski definition) is 7. The molecule has 0 saturated carbocycles. The summed E-state index contributed by atoms with van der Waals surface area (Å²) in [5, 5.41) is 15.6. The highest BCUT2D eigenvalue weighted by Gasteiger charge is 2.52. The molecule has 36 heavy (non-hydrogen) atoms. The molecular formula is C26H42F2N2O6. The molecule has 1 amide bonds. The molecule has 3 unspecified atom stereocenters. The first-order valence-electron chi connectivity index (χ1n) is 12.2. The van der Waals surface area contributed by atoms with Gasteiger partial charge in [-0.2, -0.15) is 0 Å². The lowest BCUT2D eigenvalue weighted by atomic mass is 9.91. The molecular weight excluding hydrogens is 474 g/mol. The summed E-state index contributed by atoms with van der Waals surface area (Å²) in [4.78, 5) is 23.8. The van der Waals surface area contributed by atoms with Crippen LogP contribution in [0, 0.1) is 5.92 Å². The number of aliphatic hydroxyl groups excluding tert-OH is 1. The second-order valence-corrected chi connectivity index (χ2v) is 10.1. The van der Waals surface area contributed by atoms with Gasteiger partial charge in [0.1, 0.15) is 29.8 Å². The van der Waals surface area contributed by atoms with E-state index >= 15 is 8.78 Å².